The second-order valence-electron chi connectivity index (χ2n) is 11.5. The van der Waals surface area contributed by atoms with Crippen molar-refractivity contribution in [2.24, 2.45) is 5.73 Å². The van der Waals surface area contributed by atoms with Gasteiger partial charge < -0.3 is 15.5 Å². The molecule has 216 valence electrons. The standard InChI is InChI=1S/C34H42N4O3/c1-24(23-34(2,3)36)20-31(39)37(4)30(22-26-16-18-28(19-17-26)27-14-10-7-11-15-27)33(41)38(5)29(32(35)40)21-25-12-8-6-9-13-25/h6-20,29-30H,21-23,36H2,1-5H3,(H2,35,40)/p+1. The van der Waals surface area contributed by atoms with Crippen LogP contribution in [0.3, 0.4) is 0 Å². The van der Waals surface area contributed by atoms with Gasteiger partial charge in [0.25, 0.3) is 0 Å². The van der Waals surface area contributed by atoms with Gasteiger partial charge in [-0.25, -0.2) is 4.79 Å². The number of nitrogens with two attached hydrogens (primary N) is 1. The lowest BCUT2D eigenvalue weighted by atomic mass is 9.96. The van der Waals surface area contributed by atoms with Gasteiger partial charge >= 0.3 is 5.91 Å². The largest absolute Gasteiger partial charge is 0.331 e. The van der Waals surface area contributed by atoms with E-state index in [1.54, 1.807) is 20.2 Å². The third-order valence-electron chi connectivity index (χ3n) is 7.15. The zero-order valence-corrected chi connectivity index (χ0v) is 24.8. The van der Waals surface area contributed by atoms with Crippen LogP contribution in [0.2, 0.25) is 0 Å². The minimum Gasteiger partial charge on any atom is -0.330 e. The lowest BCUT2D eigenvalue weighted by Crippen LogP contribution is -2.68. The maximum Gasteiger partial charge on any atom is 0.331 e. The van der Waals surface area contributed by atoms with Crippen LogP contribution in [0, 0.1) is 0 Å². The summed E-state index contributed by atoms with van der Waals surface area (Å²) in [4.78, 5) is 43.0. The van der Waals surface area contributed by atoms with E-state index in [1.807, 2.05) is 106 Å². The van der Waals surface area contributed by atoms with Gasteiger partial charge in [0, 0.05) is 38.6 Å². The molecule has 0 heterocycles. The van der Waals surface area contributed by atoms with Crippen LogP contribution in [0.4, 0.5) is 0 Å². The molecule has 7 heteroatoms. The Labute approximate surface area is 243 Å². The molecule has 5 N–H and O–H groups in total. The van der Waals surface area contributed by atoms with Gasteiger partial charge in [0.05, 0.1) is 0 Å². The fraction of sp³-hybridized carbons (Fsp3) is 0.324. The SMILES string of the molecule is CC(=CC(=O)N(C)C(Cc1ccc(-c2ccccc2)cc1)C(=O)N(C)C(Cc1ccccc1)C([NH3+])=O)CC(C)(C)N. The van der Waals surface area contributed by atoms with E-state index < -0.39 is 17.6 Å². The van der Waals surface area contributed by atoms with Crippen LogP contribution in [0.25, 0.3) is 11.1 Å². The van der Waals surface area contributed by atoms with Crippen LogP contribution in [-0.4, -0.2) is 59.2 Å². The van der Waals surface area contributed by atoms with Gasteiger partial charge in [0.2, 0.25) is 11.8 Å². The molecular formula is C34H43N4O3+. The van der Waals surface area contributed by atoms with Gasteiger partial charge in [-0.2, -0.15) is 0 Å². The van der Waals surface area contributed by atoms with Crippen LogP contribution in [0.1, 0.15) is 38.3 Å². The highest BCUT2D eigenvalue weighted by atomic mass is 16.2. The summed E-state index contributed by atoms with van der Waals surface area (Å²) in [6.07, 6.45) is 2.72. The fourth-order valence-electron chi connectivity index (χ4n) is 5.01. The molecule has 41 heavy (non-hydrogen) atoms. The van der Waals surface area contributed by atoms with Gasteiger partial charge in [0.15, 0.2) is 6.04 Å². The third kappa shape index (κ3) is 9.23. The van der Waals surface area contributed by atoms with Crippen molar-refractivity contribution in [3.8, 4) is 11.1 Å². The molecule has 0 radical (unpaired) electrons. The van der Waals surface area contributed by atoms with Crippen LogP contribution in [0.15, 0.2) is 96.6 Å². The van der Waals surface area contributed by atoms with Gasteiger partial charge in [-0.1, -0.05) is 90.5 Å². The molecule has 0 aliphatic rings. The van der Waals surface area contributed by atoms with E-state index in [0.717, 1.165) is 27.8 Å². The molecular weight excluding hydrogens is 512 g/mol. The molecule has 0 fully saturated rings. The molecule has 0 bridgehead atoms. The summed E-state index contributed by atoms with van der Waals surface area (Å²) in [5.41, 5.74) is 14.1. The Morgan fingerprint density at radius 2 is 1.27 bits per heavy atom. The summed E-state index contributed by atoms with van der Waals surface area (Å²) >= 11 is 0. The van der Waals surface area contributed by atoms with E-state index in [0.29, 0.717) is 19.3 Å². The van der Waals surface area contributed by atoms with Crippen molar-refractivity contribution in [2.45, 2.75) is 57.7 Å². The predicted molar refractivity (Wildman–Crippen MR) is 163 cm³/mol. The van der Waals surface area contributed by atoms with E-state index in [4.69, 9.17) is 5.73 Å². The lowest BCUT2D eigenvalue weighted by molar-refractivity contribution is -0.311. The smallest absolute Gasteiger partial charge is 0.330 e. The molecule has 3 aromatic carbocycles. The molecule has 2 atom stereocenters. The molecule has 2 unspecified atom stereocenters. The van der Waals surface area contributed by atoms with Gasteiger partial charge in [-0.3, -0.25) is 15.3 Å². The first-order chi connectivity index (χ1) is 19.4. The summed E-state index contributed by atoms with van der Waals surface area (Å²) in [5.74, 6) is -0.971. The summed E-state index contributed by atoms with van der Waals surface area (Å²) in [5, 5.41) is 0. The number of nitrogens with zero attached hydrogens (tertiary/aromatic N) is 2. The summed E-state index contributed by atoms with van der Waals surface area (Å²) in [7, 11) is 3.24. The van der Waals surface area contributed by atoms with E-state index >= 15 is 0 Å². The fourth-order valence-corrected chi connectivity index (χ4v) is 5.01. The predicted octanol–water partition coefficient (Wildman–Crippen LogP) is 3.64. The van der Waals surface area contributed by atoms with Crippen LogP contribution >= 0.6 is 0 Å². The summed E-state index contributed by atoms with van der Waals surface area (Å²) in [6, 6.07) is 26.0. The Bertz CT molecular complexity index is 1350. The average Bonchev–Trinajstić information content (AvgIpc) is 2.93. The number of amides is 3. The van der Waals surface area contributed by atoms with Crippen molar-refractivity contribution in [1.82, 2.24) is 9.80 Å². The monoisotopic (exact) mass is 555 g/mol. The normalized spacial score (nSPS) is 13.3. The zero-order chi connectivity index (χ0) is 30.2. The first kappa shape index (κ1) is 31.5. The second kappa shape index (κ2) is 14.0. The Balaban J connectivity index is 1.91. The molecule has 3 rings (SSSR count). The highest BCUT2D eigenvalue weighted by Gasteiger charge is 2.35. The number of likely N-dealkylation sites (N-methyl/N-ethyl adjacent to an activating group) is 2. The second-order valence-corrected chi connectivity index (χ2v) is 11.5. The molecule has 3 amide bonds. The molecule has 0 saturated carbocycles. The van der Waals surface area contributed by atoms with Crippen molar-refractivity contribution in [3.63, 3.8) is 0 Å². The minimum absolute atomic E-state index is 0.291. The van der Waals surface area contributed by atoms with Crippen LogP contribution < -0.4 is 11.5 Å². The topological polar surface area (TPSA) is 111 Å². The van der Waals surface area contributed by atoms with E-state index in [-0.39, 0.29) is 17.7 Å². The van der Waals surface area contributed by atoms with E-state index in [2.05, 4.69) is 5.73 Å². The molecule has 0 aromatic heterocycles. The van der Waals surface area contributed by atoms with Crippen molar-refractivity contribution in [1.29, 1.82) is 0 Å². The molecule has 0 aliphatic heterocycles. The molecule has 7 nitrogen and oxygen atoms in total. The van der Waals surface area contributed by atoms with Gasteiger partial charge in [0.1, 0.15) is 6.04 Å². The first-order valence-electron chi connectivity index (χ1n) is 13.9. The minimum atomic E-state index is -0.831. The Hall–Kier alpha value is -4.07. The van der Waals surface area contributed by atoms with E-state index in [9.17, 15) is 14.4 Å². The number of carbonyl (C=O) groups excluding carboxylic acids is 3. The quantitative estimate of drug-likeness (QED) is 0.333. The number of benzene rings is 3. The number of rotatable bonds is 12. The summed E-state index contributed by atoms with van der Waals surface area (Å²) < 4.78 is 0. The Kier molecular flexibility index (Phi) is 10.8. The highest BCUT2D eigenvalue weighted by molar-refractivity contribution is 5.94. The third-order valence-corrected chi connectivity index (χ3v) is 7.15. The number of hydrogen-bond donors (Lipinski definition) is 2. The molecule has 0 spiro atoms. The maximum absolute atomic E-state index is 14.0. The number of hydrogen-bond acceptors (Lipinski definition) is 4. The Morgan fingerprint density at radius 3 is 1.80 bits per heavy atom. The van der Waals surface area contributed by atoms with Crippen molar-refractivity contribution >= 4 is 17.7 Å². The van der Waals surface area contributed by atoms with Crippen molar-refractivity contribution in [3.05, 3.63) is 108 Å². The lowest BCUT2D eigenvalue weighted by Gasteiger charge is -2.33. The maximum atomic E-state index is 14.0. The summed E-state index contributed by atoms with van der Waals surface area (Å²) in [6.45, 7) is 5.67. The van der Waals surface area contributed by atoms with Crippen LogP contribution in [0.5, 0.6) is 0 Å². The highest BCUT2D eigenvalue weighted by Crippen LogP contribution is 2.22. The first-order valence-corrected chi connectivity index (χ1v) is 13.9. The van der Waals surface area contributed by atoms with Crippen molar-refractivity contribution < 1.29 is 20.1 Å². The average molecular weight is 556 g/mol. The number of quaternary nitrogens is 1. The van der Waals surface area contributed by atoms with Crippen LogP contribution in [-0.2, 0) is 27.2 Å². The molecule has 0 aliphatic carbocycles. The zero-order valence-electron chi connectivity index (χ0n) is 24.8. The number of carbonyl (C=O) groups is 3. The Morgan fingerprint density at radius 1 is 0.780 bits per heavy atom. The molecule has 0 saturated heterocycles. The van der Waals surface area contributed by atoms with E-state index in [1.165, 1.54) is 9.80 Å². The van der Waals surface area contributed by atoms with Gasteiger partial charge in [-0.05, 0) is 49.4 Å². The molecule has 3 aromatic rings. The van der Waals surface area contributed by atoms with Crippen molar-refractivity contribution in [2.75, 3.05) is 14.1 Å². The van der Waals surface area contributed by atoms with Gasteiger partial charge in [-0.15, -0.1) is 0 Å².